The van der Waals surface area contributed by atoms with E-state index in [9.17, 15) is 5.11 Å². The van der Waals surface area contributed by atoms with Gasteiger partial charge in [0.15, 0.2) is 0 Å². The first-order chi connectivity index (χ1) is 6.12. The average molecular weight is 247 g/mol. The topological polar surface area (TPSA) is 47.3 Å². The minimum Gasteiger partial charge on any atom is -0.381 e. The molecule has 72 valence electrons. The molecular formula is C8H11BrN2O2. The molecule has 1 aromatic heterocycles. The summed E-state index contributed by atoms with van der Waals surface area (Å²) in [5, 5.41) is 14.3. The smallest absolute Gasteiger partial charge is 0.131 e. The van der Waals surface area contributed by atoms with Gasteiger partial charge < -0.3 is 9.84 Å². The second-order valence-electron chi connectivity index (χ2n) is 3.31. The molecule has 2 heterocycles. The molecule has 0 aromatic carbocycles. The van der Waals surface area contributed by atoms with Crippen LogP contribution in [0.5, 0.6) is 0 Å². The highest BCUT2D eigenvalue weighted by Crippen LogP contribution is 2.31. The number of hydrogen-bond acceptors (Lipinski definition) is 3. The summed E-state index contributed by atoms with van der Waals surface area (Å²) in [5.74, 6) is 0. The highest BCUT2D eigenvalue weighted by molar-refractivity contribution is 9.10. The molecule has 4 nitrogen and oxygen atoms in total. The lowest BCUT2D eigenvalue weighted by molar-refractivity contribution is 0.0162. The van der Waals surface area contributed by atoms with Crippen LogP contribution >= 0.6 is 15.9 Å². The van der Waals surface area contributed by atoms with Gasteiger partial charge in [-0.2, -0.15) is 5.10 Å². The Bertz CT molecular complexity index is 318. The zero-order chi connectivity index (χ0) is 9.47. The predicted octanol–water partition coefficient (Wildman–Crippen LogP) is 0.790. The molecule has 0 amide bonds. The van der Waals surface area contributed by atoms with Crippen LogP contribution in [0.3, 0.4) is 0 Å². The van der Waals surface area contributed by atoms with E-state index < -0.39 is 5.60 Å². The van der Waals surface area contributed by atoms with Gasteiger partial charge in [-0.25, -0.2) is 0 Å². The van der Waals surface area contributed by atoms with E-state index in [1.807, 2.05) is 13.1 Å². The number of rotatable bonds is 1. The summed E-state index contributed by atoms with van der Waals surface area (Å²) in [7, 11) is 1.82. The summed E-state index contributed by atoms with van der Waals surface area (Å²) in [5.41, 5.74) is -0.0507. The van der Waals surface area contributed by atoms with Crippen molar-refractivity contribution in [2.24, 2.45) is 7.05 Å². The van der Waals surface area contributed by atoms with Gasteiger partial charge in [0.2, 0.25) is 0 Å². The maximum Gasteiger partial charge on any atom is 0.131 e. The number of halogens is 1. The summed E-state index contributed by atoms with van der Waals surface area (Å²) in [6.45, 7) is 0.971. The van der Waals surface area contributed by atoms with Crippen LogP contribution in [0.1, 0.15) is 12.1 Å². The standard InChI is InChI=1S/C8H11BrN2O2/c1-11-6(4-7(9)10-11)8(12)2-3-13-5-8/h4,12H,2-3,5H2,1H3. The van der Waals surface area contributed by atoms with E-state index in [-0.39, 0.29) is 0 Å². The number of hydrogen-bond donors (Lipinski definition) is 1. The van der Waals surface area contributed by atoms with E-state index in [4.69, 9.17) is 4.74 Å². The summed E-state index contributed by atoms with van der Waals surface area (Å²) in [6.07, 6.45) is 0.638. The van der Waals surface area contributed by atoms with Crippen LogP contribution in [-0.4, -0.2) is 28.1 Å². The lowest BCUT2D eigenvalue weighted by atomic mass is 9.99. The zero-order valence-electron chi connectivity index (χ0n) is 7.33. The summed E-state index contributed by atoms with van der Waals surface area (Å²) >= 11 is 3.27. The molecular weight excluding hydrogens is 236 g/mol. The lowest BCUT2D eigenvalue weighted by Gasteiger charge is -2.19. The fourth-order valence-electron chi connectivity index (χ4n) is 1.62. The first-order valence-electron chi connectivity index (χ1n) is 4.12. The number of nitrogens with zero attached hydrogens (tertiary/aromatic N) is 2. The molecule has 1 saturated heterocycles. The molecule has 0 spiro atoms. The summed E-state index contributed by atoms with van der Waals surface area (Å²) in [4.78, 5) is 0. The van der Waals surface area contributed by atoms with Gasteiger partial charge in [0, 0.05) is 20.1 Å². The molecule has 0 saturated carbocycles. The van der Waals surface area contributed by atoms with Crippen molar-refractivity contribution < 1.29 is 9.84 Å². The molecule has 1 fully saturated rings. The molecule has 1 N–H and O–H groups in total. The van der Waals surface area contributed by atoms with E-state index in [1.165, 1.54) is 0 Å². The normalized spacial score (nSPS) is 28.2. The molecule has 13 heavy (non-hydrogen) atoms. The first-order valence-corrected chi connectivity index (χ1v) is 4.91. The van der Waals surface area contributed by atoms with Gasteiger partial charge in [-0.15, -0.1) is 0 Å². The van der Waals surface area contributed by atoms with Gasteiger partial charge in [0.05, 0.1) is 12.3 Å². The van der Waals surface area contributed by atoms with Crippen LogP contribution in [0, 0.1) is 0 Å². The lowest BCUT2D eigenvalue weighted by Crippen LogP contribution is -2.28. The van der Waals surface area contributed by atoms with Crippen LogP contribution in [0.25, 0.3) is 0 Å². The molecule has 1 unspecified atom stereocenters. The van der Waals surface area contributed by atoms with Gasteiger partial charge in [-0.05, 0) is 22.0 Å². The van der Waals surface area contributed by atoms with Crippen LogP contribution in [0.4, 0.5) is 0 Å². The number of aromatic nitrogens is 2. The van der Waals surface area contributed by atoms with Crippen LogP contribution < -0.4 is 0 Å². The van der Waals surface area contributed by atoms with Crippen molar-refractivity contribution in [3.63, 3.8) is 0 Å². The van der Waals surface area contributed by atoms with Crippen molar-refractivity contribution in [2.75, 3.05) is 13.2 Å². The summed E-state index contributed by atoms with van der Waals surface area (Å²) < 4.78 is 7.59. The van der Waals surface area contributed by atoms with Crippen molar-refractivity contribution >= 4 is 15.9 Å². The minimum absolute atomic E-state index is 0.360. The van der Waals surface area contributed by atoms with Gasteiger partial charge in [0.25, 0.3) is 0 Å². The van der Waals surface area contributed by atoms with Crippen molar-refractivity contribution in [2.45, 2.75) is 12.0 Å². The van der Waals surface area contributed by atoms with Crippen molar-refractivity contribution in [1.29, 1.82) is 0 Å². The van der Waals surface area contributed by atoms with Crippen molar-refractivity contribution in [1.82, 2.24) is 9.78 Å². The quantitative estimate of drug-likeness (QED) is 0.798. The van der Waals surface area contributed by atoms with Crippen LogP contribution in [-0.2, 0) is 17.4 Å². The molecule has 1 aliphatic heterocycles. The minimum atomic E-state index is -0.853. The Morgan fingerprint density at radius 3 is 3.00 bits per heavy atom. The third-order valence-electron chi connectivity index (χ3n) is 2.33. The van der Waals surface area contributed by atoms with E-state index in [1.54, 1.807) is 4.68 Å². The number of ether oxygens (including phenoxy) is 1. The van der Waals surface area contributed by atoms with Crippen LogP contribution in [0.2, 0.25) is 0 Å². The van der Waals surface area contributed by atoms with Gasteiger partial charge >= 0.3 is 0 Å². The molecule has 1 aromatic rings. The van der Waals surface area contributed by atoms with E-state index in [0.29, 0.717) is 19.6 Å². The Morgan fingerprint density at radius 2 is 2.54 bits per heavy atom. The molecule has 0 radical (unpaired) electrons. The third kappa shape index (κ3) is 1.51. The Balaban J connectivity index is 2.38. The third-order valence-corrected chi connectivity index (χ3v) is 2.72. The molecule has 1 atom stereocenters. The summed E-state index contributed by atoms with van der Waals surface area (Å²) in [6, 6.07) is 1.83. The fraction of sp³-hybridized carbons (Fsp3) is 0.625. The Kier molecular flexibility index (Phi) is 2.17. The van der Waals surface area contributed by atoms with E-state index >= 15 is 0 Å². The zero-order valence-corrected chi connectivity index (χ0v) is 8.91. The molecule has 0 bridgehead atoms. The Hall–Kier alpha value is -0.390. The maximum atomic E-state index is 10.2. The largest absolute Gasteiger partial charge is 0.381 e. The van der Waals surface area contributed by atoms with E-state index in [0.717, 1.165) is 10.3 Å². The van der Waals surface area contributed by atoms with Gasteiger partial charge in [-0.3, -0.25) is 4.68 Å². The van der Waals surface area contributed by atoms with Gasteiger partial charge in [-0.1, -0.05) is 0 Å². The first kappa shape index (κ1) is 9.18. The maximum absolute atomic E-state index is 10.2. The number of aryl methyl sites for hydroxylation is 1. The fourth-order valence-corrected chi connectivity index (χ4v) is 2.08. The highest BCUT2D eigenvalue weighted by atomic mass is 79.9. The van der Waals surface area contributed by atoms with Crippen LogP contribution in [0.15, 0.2) is 10.7 Å². The second kappa shape index (κ2) is 3.08. The van der Waals surface area contributed by atoms with Crippen molar-refractivity contribution in [3.8, 4) is 0 Å². The highest BCUT2D eigenvalue weighted by Gasteiger charge is 2.37. The Morgan fingerprint density at radius 1 is 1.77 bits per heavy atom. The average Bonchev–Trinajstić information content (AvgIpc) is 2.59. The monoisotopic (exact) mass is 246 g/mol. The molecule has 5 heteroatoms. The Labute approximate surface area is 84.6 Å². The predicted molar refractivity (Wildman–Crippen MR) is 50.2 cm³/mol. The molecule has 2 rings (SSSR count). The van der Waals surface area contributed by atoms with Gasteiger partial charge in [0.1, 0.15) is 10.2 Å². The molecule has 1 aliphatic rings. The second-order valence-corrected chi connectivity index (χ2v) is 4.12. The number of aliphatic hydroxyl groups is 1. The van der Waals surface area contributed by atoms with Crippen molar-refractivity contribution in [3.05, 3.63) is 16.4 Å². The molecule has 0 aliphatic carbocycles. The SMILES string of the molecule is Cn1nc(Br)cc1C1(O)CCOC1. The van der Waals surface area contributed by atoms with E-state index in [2.05, 4.69) is 21.0 Å².